The summed E-state index contributed by atoms with van der Waals surface area (Å²) in [6, 6.07) is 23.0. The van der Waals surface area contributed by atoms with Crippen LogP contribution in [-0.4, -0.2) is 28.8 Å². The van der Waals surface area contributed by atoms with Gasteiger partial charge in [-0.25, -0.2) is 0 Å². The Morgan fingerprint density at radius 1 is 0.892 bits per heavy atom. The van der Waals surface area contributed by atoms with E-state index in [1.165, 1.54) is 5.56 Å². The molecular formula is C31H34Cl2N2O2. The van der Waals surface area contributed by atoms with Crippen molar-refractivity contribution in [2.75, 3.05) is 0 Å². The van der Waals surface area contributed by atoms with Crippen molar-refractivity contribution in [2.45, 2.75) is 70.5 Å². The van der Waals surface area contributed by atoms with Crippen molar-refractivity contribution >= 4 is 35.0 Å². The zero-order valence-corrected chi connectivity index (χ0v) is 22.8. The molecule has 1 aliphatic rings. The summed E-state index contributed by atoms with van der Waals surface area (Å²) in [6.45, 7) is 2.32. The summed E-state index contributed by atoms with van der Waals surface area (Å²) in [6.07, 6.45) is 5.58. The minimum atomic E-state index is -0.636. The summed E-state index contributed by atoms with van der Waals surface area (Å²) < 4.78 is 0. The number of amides is 2. The third-order valence-electron chi connectivity index (χ3n) is 7.06. The molecule has 0 heterocycles. The van der Waals surface area contributed by atoms with Crippen LogP contribution in [0.15, 0.2) is 72.8 Å². The summed E-state index contributed by atoms with van der Waals surface area (Å²) in [5.41, 5.74) is 4.13. The van der Waals surface area contributed by atoms with Gasteiger partial charge in [0, 0.05) is 25.4 Å². The van der Waals surface area contributed by atoms with Crippen molar-refractivity contribution in [1.82, 2.24) is 10.2 Å². The van der Waals surface area contributed by atoms with Gasteiger partial charge in [0.15, 0.2) is 0 Å². The second kappa shape index (κ2) is 13.1. The highest BCUT2D eigenvalue weighted by Gasteiger charge is 2.32. The zero-order valence-electron chi connectivity index (χ0n) is 21.3. The number of carbonyl (C=O) groups excluding carboxylic acids is 2. The van der Waals surface area contributed by atoms with E-state index >= 15 is 0 Å². The molecule has 3 aromatic rings. The number of carbonyl (C=O) groups is 2. The predicted octanol–water partition coefficient (Wildman–Crippen LogP) is 6.93. The number of nitrogens with one attached hydrogen (secondary N) is 1. The Kier molecular flexibility index (Phi) is 9.65. The smallest absolute Gasteiger partial charge is 0.243 e. The molecule has 1 atom stereocenters. The molecular weight excluding hydrogens is 503 g/mol. The Morgan fingerprint density at radius 2 is 1.57 bits per heavy atom. The van der Waals surface area contributed by atoms with E-state index in [1.807, 2.05) is 43.3 Å². The van der Waals surface area contributed by atoms with Crippen molar-refractivity contribution in [1.29, 1.82) is 0 Å². The first kappa shape index (κ1) is 27.2. The van der Waals surface area contributed by atoms with Crippen molar-refractivity contribution in [2.24, 2.45) is 0 Å². The Bertz CT molecular complexity index is 1190. The number of hydrogen-bond acceptors (Lipinski definition) is 2. The highest BCUT2D eigenvalue weighted by molar-refractivity contribution is 6.42. The lowest BCUT2D eigenvalue weighted by Crippen LogP contribution is -2.52. The van der Waals surface area contributed by atoms with E-state index in [-0.39, 0.29) is 24.4 Å². The molecule has 1 N–H and O–H groups in total. The van der Waals surface area contributed by atoms with E-state index in [2.05, 4.69) is 29.6 Å². The van der Waals surface area contributed by atoms with Crippen LogP contribution in [0.25, 0.3) is 0 Å². The fourth-order valence-corrected chi connectivity index (χ4v) is 5.23. The minimum absolute atomic E-state index is 0.0610. The van der Waals surface area contributed by atoms with Crippen LogP contribution in [0.3, 0.4) is 0 Å². The number of nitrogens with zero attached hydrogens (tertiary/aromatic N) is 1. The fraction of sp³-hybridized carbons (Fsp3) is 0.355. The van der Waals surface area contributed by atoms with Gasteiger partial charge in [0.1, 0.15) is 6.04 Å². The molecule has 0 radical (unpaired) electrons. The number of benzene rings is 3. The molecule has 4 rings (SSSR count). The molecule has 194 valence electrons. The first-order chi connectivity index (χ1) is 17.9. The van der Waals surface area contributed by atoms with E-state index in [9.17, 15) is 9.59 Å². The molecule has 4 nitrogen and oxygen atoms in total. The van der Waals surface area contributed by atoms with Gasteiger partial charge in [-0.15, -0.1) is 0 Å². The van der Waals surface area contributed by atoms with Crippen LogP contribution in [0.1, 0.15) is 54.4 Å². The maximum absolute atomic E-state index is 13.8. The minimum Gasteiger partial charge on any atom is -0.352 e. The molecule has 3 aromatic carbocycles. The van der Waals surface area contributed by atoms with Gasteiger partial charge in [-0.2, -0.15) is 0 Å². The van der Waals surface area contributed by atoms with Gasteiger partial charge in [0.05, 0.1) is 10.0 Å². The van der Waals surface area contributed by atoms with Crippen LogP contribution in [0.4, 0.5) is 0 Å². The van der Waals surface area contributed by atoms with Gasteiger partial charge in [0.2, 0.25) is 11.8 Å². The summed E-state index contributed by atoms with van der Waals surface area (Å²) in [5, 5.41) is 4.13. The van der Waals surface area contributed by atoms with E-state index in [4.69, 9.17) is 23.2 Å². The van der Waals surface area contributed by atoms with E-state index in [1.54, 1.807) is 17.0 Å². The normalized spacial score (nSPS) is 14.4. The summed E-state index contributed by atoms with van der Waals surface area (Å²) in [7, 11) is 0. The lowest BCUT2D eigenvalue weighted by molar-refractivity contribution is -0.141. The standard InChI is InChI=1S/C31H34Cl2N2O2/c1-22-11-13-23(14-12-22)16-18-30(36)35(21-25-15-17-27(32)28(33)19-25)29(20-24-7-3-2-4-8-24)31(37)34-26-9-5-6-10-26/h2-4,7-8,11-15,17,19,26,29H,5-6,9-10,16,18,20-21H2,1H3,(H,34,37). The van der Waals surface area contributed by atoms with Crippen LogP contribution in [-0.2, 0) is 29.0 Å². The largest absolute Gasteiger partial charge is 0.352 e. The fourth-order valence-electron chi connectivity index (χ4n) is 4.91. The third-order valence-corrected chi connectivity index (χ3v) is 7.80. The molecule has 1 fully saturated rings. The summed E-state index contributed by atoms with van der Waals surface area (Å²) in [4.78, 5) is 29.2. The maximum Gasteiger partial charge on any atom is 0.243 e. The Balaban J connectivity index is 1.62. The molecule has 0 aliphatic heterocycles. The lowest BCUT2D eigenvalue weighted by atomic mass is 10.0. The molecule has 37 heavy (non-hydrogen) atoms. The van der Waals surface area contributed by atoms with Crippen molar-refractivity contribution < 1.29 is 9.59 Å². The molecule has 0 aromatic heterocycles. The van der Waals surface area contributed by atoms with Gasteiger partial charge in [-0.1, -0.05) is 102 Å². The average molecular weight is 538 g/mol. The van der Waals surface area contributed by atoms with Gasteiger partial charge in [0.25, 0.3) is 0 Å². The average Bonchev–Trinajstić information content (AvgIpc) is 3.41. The highest BCUT2D eigenvalue weighted by atomic mass is 35.5. The Morgan fingerprint density at radius 3 is 2.24 bits per heavy atom. The first-order valence-corrected chi connectivity index (χ1v) is 13.8. The third kappa shape index (κ3) is 7.83. The molecule has 0 saturated heterocycles. The van der Waals surface area contributed by atoms with Crippen molar-refractivity contribution in [3.63, 3.8) is 0 Å². The second-order valence-corrected chi connectivity index (χ2v) is 10.8. The van der Waals surface area contributed by atoms with E-state index in [0.29, 0.717) is 29.3 Å². The predicted molar refractivity (Wildman–Crippen MR) is 151 cm³/mol. The van der Waals surface area contributed by atoms with Gasteiger partial charge in [-0.3, -0.25) is 9.59 Å². The number of aryl methyl sites for hydroxylation is 2. The van der Waals surface area contributed by atoms with Crippen LogP contribution in [0, 0.1) is 6.92 Å². The monoisotopic (exact) mass is 536 g/mol. The molecule has 0 bridgehead atoms. The Labute approximate surface area is 230 Å². The van der Waals surface area contributed by atoms with Crippen molar-refractivity contribution in [3.05, 3.63) is 105 Å². The Hall–Kier alpha value is -2.82. The van der Waals surface area contributed by atoms with Gasteiger partial charge < -0.3 is 10.2 Å². The molecule has 0 spiro atoms. The summed E-state index contributed by atoms with van der Waals surface area (Å²) >= 11 is 12.4. The second-order valence-electron chi connectivity index (χ2n) is 9.95. The highest BCUT2D eigenvalue weighted by Crippen LogP contribution is 2.25. The SMILES string of the molecule is Cc1ccc(CCC(=O)N(Cc2ccc(Cl)c(Cl)c2)C(Cc2ccccc2)C(=O)NC2CCCC2)cc1. The van der Waals surface area contributed by atoms with Crippen LogP contribution >= 0.6 is 23.2 Å². The van der Waals surface area contributed by atoms with Crippen LogP contribution in [0.2, 0.25) is 10.0 Å². The quantitative estimate of drug-likeness (QED) is 0.305. The first-order valence-electron chi connectivity index (χ1n) is 13.0. The van der Waals surface area contributed by atoms with Crippen molar-refractivity contribution in [3.8, 4) is 0 Å². The number of halogens is 2. The molecule has 2 amide bonds. The zero-order chi connectivity index (χ0) is 26.2. The van der Waals surface area contributed by atoms with E-state index in [0.717, 1.165) is 42.4 Å². The molecule has 1 aliphatic carbocycles. The molecule has 1 saturated carbocycles. The van der Waals surface area contributed by atoms with Gasteiger partial charge in [-0.05, 0) is 55.0 Å². The van der Waals surface area contributed by atoms with Crippen LogP contribution in [0.5, 0.6) is 0 Å². The number of rotatable bonds is 10. The topological polar surface area (TPSA) is 49.4 Å². The number of hydrogen-bond donors (Lipinski definition) is 1. The summed E-state index contributed by atoms with van der Waals surface area (Å²) in [5.74, 6) is -0.159. The molecule has 1 unspecified atom stereocenters. The van der Waals surface area contributed by atoms with Gasteiger partial charge >= 0.3 is 0 Å². The molecule has 6 heteroatoms. The lowest BCUT2D eigenvalue weighted by Gasteiger charge is -2.32. The maximum atomic E-state index is 13.8. The van der Waals surface area contributed by atoms with Crippen LogP contribution < -0.4 is 5.32 Å². The van der Waals surface area contributed by atoms with E-state index < -0.39 is 6.04 Å².